The van der Waals surface area contributed by atoms with Crippen molar-refractivity contribution in [2.75, 3.05) is 0 Å². The summed E-state index contributed by atoms with van der Waals surface area (Å²) in [5.41, 5.74) is 0.828. The number of benzene rings is 1. The van der Waals surface area contributed by atoms with Crippen molar-refractivity contribution in [2.24, 2.45) is 0 Å². The van der Waals surface area contributed by atoms with Crippen LogP contribution in [0.15, 0.2) is 24.4 Å². The molecule has 0 saturated heterocycles. The molecule has 0 fully saturated rings. The molecule has 0 amide bonds. The molecule has 3 nitrogen and oxygen atoms in total. The first-order valence-electron chi connectivity index (χ1n) is 5.04. The molecule has 0 aliphatic rings. The zero-order valence-electron chi connectivity index (χ0n) is 9.37. The smallest absolute Gasteiger partial charge is 0.288 e. The first-order valence-corrected chi connectivity index (χ1v) is 5.04. The van der Waals surface area contributed by atoms with Gasteiger partial charge in [0.25, 0.3) is 5.92 Å². The van der Waals surface area contributed by atoms with E-state index in [4.69, 9.17) is 0 Å². The van der Waals surface area contributed by atoms with Crippen LogP contribution < -0.4 is 0 Å². The van der Waals surface area contributed by atoms with Gasteiger partial charge in [0, 0.05) is 12.5 Å². The van der Waals surface area contributed by atoms with Crippen LogP contribution in [0.25, 0.3) is 11.0 Å². The molecule has 0 aliphatic carbocycles. The van der Waals surface area contributed by atoms with E-state index >= 15 is 0 Å². The van der Waals surface area contributed by atoms with Crippen LogP contribution in [0.5, 0.6) is 0 Å². The summed E-state index contributed by atoms with van der Waals surface area (Å²) in [6, 6.07) is 4.67. The minimum Gasteiger partial charge on any atom is -0.295 e. The predicted octanol–water partition coefficient (Wildman–Crippen LogP) is 2.94. The summed E-state index contributed by atoms with van der Waals surface area (Å²) in [5, 5.41) is 0. The third-order valence-corrected chi connectivity index (χ3v) is 2.40. The van der Waals surface area contributed by atoms with E-state index in [0.29, 0.717) is 16.6 Å². The van der Waals surface area contributed by atoms with E-state index in [9.17, 15) is 13.6 Å². The number of carbonyl (C=O) groups excluding carboxylic acids is 1. The second kappa shape index (κ2) is 3.84. The number of alkyl halides is 2. The number of rotatable bonds is 2. The molecule has 2 rings (SSSR count). The van der Waals surface area contributed by atoms with E-state index in [-0.39, 0.29) is 5.78 Å². The van der Waals surface area contributed by atoms with Crippen molar-refractivity contribution < 1.29 is 13.6 Å². The summed E-state index contributed by atoms with van der Waals surface area (Å²) in [6.45, 7) is 2.17. The van der Waals surface area contributed by atoms with Gasteiger partial charge in [-0.15, -0.1) is 0 Å². The minimum atomic E-state index is -3.03. The molecule has 0 spiro atoms. The molecule has 0 N–H and O–H groups in total. The fourth-order valence-corrected chi connectivity index (χ4v) is 1.44. The van der Waals surface area contributed by atoms with E-state index in [1.165, 1.54) is 13.0 Å². The average molecular weight is 236 g/mol. The van der Waals surface area contributed by atoms with Gasteiger partial charge < -0.3 is 0 Å². The van der Waals surface area contributed by atoms with E-state index in [1.54, 1.807) is 12.1 Å². The Morgan fingerprint density at radius 1 is 1.29 bits per heavy atom. The molecule has 0 atom stereocenters. The molecule has 1 aromatic heterocycles. The van der Waals surface area contributed by atoms with Gasteiger partial charge in [0.15, 0.2) is 5.78 Å². The highest BCUT2D eigenvalue weighted by Crippen LogP contribution is 2.25. The Morgan fingerprint density at radius 2 is 2.00 bits per heavy atom. The zero-order valence-corrected chi connectivity index (χ0v) is 9.37. The molecule has 1 aromatic carbocycles. The quantitative estimate of drug-likeness (QED) is 0.753. The Kier molecular flexibility index (Phi) is 2.61. The molecular formula is C12H10F2N2O. The molecule has 0 aliphatic heterocycles. The predicted molar refractivity (Wildman–Crippen MR) is 59.1 cm³/mol. The highest BCUT2D eigenvalue weighted by atomic mass is 19.3. The van der Waals surface area contributed by atoms with Gasteiger partial charge >= 0.3 is 0 Å². The van der Waals surface area contributed by atoms with Gasteiger partial charge in [-0.3, -0.25) is 9.78 Å². The van der Waals surface area contributed by atoms with Crippen molar-refractivity contribution >= 4 is 16.8 Å². The topological polar surface area (TPSA) is 42.9 Å². The normalized spacial score (nSPS) is 11.8. The molecule has 0 bridgehead atoms. The largest absolute Gasteiger partial charge is 0.295 e. The fourth-order valence-electron chi connectivity index (χ4n) is 1.44. The number of aromatic nitrogens is 2. The van der Waals surface area contributed by atoms with Gasteiger partial charge in [0.1, 0.15) is 5.69 Å². The van der Waals surface area contributed by atoms with E-state index in [1.807, 2.05) is 0 Å². The number of halogens is 2. The third-order valence-electron chi connectivity index (χ3n) is 2.40. The van der Waals surface area contributed by atoms with Gasteiger partial charge in [-0.25, -0.2) is 4.98 Å². The summed E-state index contributed by atoms with van der Waals surface area (Å²) < 4.78 is 26.1. The van der Waals surface area contributed by atoms with Gasteiger partial charge in [-0.05, 0) is 25.1 Å². The zero-order chi connectivity index (χ0) is 12.6. The molecule has 17 heavy (non-hydrogen) atoms. The number of fused-ring (bicyclic) bond motifs is 1. The van der Waals surface area contributed by atoms with Gasteiger partial charge in [0.05, 0.1) is 17.2 Å². The Bertz CT molecular complexity index is 591. The maximum atomic E-state index is 13.1. The van der Waals surface area contributed by atoms with Crippen LogP contribution in [-0.4, -0.2) is 15.8 Å². The molecule has 1 heterocycles. The number of hydrogen-bond donors (Lipinski definition) is 0. The van der Waals surface area contributed by atoms with Crippen LogP contribution in [0.4, 0.5) is 8.78 Å². The molecular weight excluding hydrogens is 226 g/mol. The lowest BCUT2D eigenvalue weighted by atomic mass is 10.1. The van der Waals surface area contributed by atoms with Gasteiger partial charge in [0.2, 0.25) is 0 Å². The van der Waals surface area contributed by atoms with Crippen LogP contribution in [0, 0.1) is 0 Å². The Labute approximate surface area is 96.5 Å². The molecule has 5 heteroatoms. The molecule has 2 aromatic rings. The van der Waals surface area contributed by atoms with Crippen molar-refractivity contribution in [2.45, 2.75) is 19.8 Å². The maximum Gasteiger partial charge on any atom is 0.288 e. The lowest BCUT2D eigenvalue weighted by molar-refractivity contribution is 0.0127. The number of nitrogens with zero attached hydrogens (tertiary/aromatic N) is 2. The molecule has 88 valence electrons. The second-order valence-corrected chi connectivity index (χ2v) is 3.90. The Morgan fingerprint density at radius 3 is 2.59 bits per heavy atom. The van der Waals surface area contributed by atoms with Crippen LogP contribution >= 0.6 is 0 Å². The summed E-state index contributed by atoms with van der Waals surface area (Å²) in [5.74, 6) is -3.17. The van der Waals surface area contributed by atoms with Crippen LogP contribution in [0.1, 0.15) is 29.9 Å². The summed E-state index contributed by atoms with van der Waals surface area (Å²) in [7, 11) is 0. The van der Waals surface area contributed by atoms with Gasteiger partial charge in [-0.1, -0.05) is 0 Å². The highest BCUT2D eigenvalue weighted by Gasteiger charge is 2.26. The average Bonchev–Trinajstić information content (AvgIpc) is 2.26. The summed E-state index contributed by atoms with van der Waals surface area (Å²) >= 11 is 0. The Hall–Kier alpha value is -1.91. The minimum absolute atomic E-state index is 0.137. The lowest BCUT2D eigenvalue weighted by Crippen LogP contribution is -2.10. The van der Waals surface area contributed by atoms with Gasteiger partial charge in [-0.2, -0.15) is 8.78 Å². The lowest BCUT2D eigenvalue weighted by Gasteiger charge is -2.09. The first-order chi connectivity index (χ1) is 7.88. The summed E-state index contributed by atoms with van der Waals surface area (Å²) in [4.78, 5) is 18.9. The number of carbonyl (C=O) groups is 1. The SMILES string of the molecule is CC(=O)c1ccc2ncc(C(C)(F)F)nc2c1. The first kappa shape index (κ1) is 11.6. The van der Waals surface area contributed by atoms with Crippen molar-refractivity contribution in [3.05, 3.63) is 35.7 Å². The van der Waals surface area contributed by atoms with Crippen LogP contribution in [0.3, 0.4) is 0 Å². The van der Waals surface area contributed by atoms with Crippen molar-refractivity contribution in [3.63, 3.8) is 0 Å². The van der Waals surface area contributed by atoms with E-state index < -0.39 is 11.6 Å². The second-order valence-electron chi connectivity index (χ2n) is 3.90. The maximum absolute atomic E-state index is 13.1. The molecule has 0 radical (unpaired) electrons. The number of ketones is 1. The highest BCUT2D eigenvalue weighted by molar-refractivity contribution is 5.97. The van der Waals surface area contributed by atoms with Crippen molar-refractivity contribution in [1.82, 2.24) is 9.97 Å². The standard InChI is InChI=1S/C12H10F2N2O/c1-7(17)8-3-4-9-10(5-8)16-11(6-15-9)12(2,13)14/h3-6H,1-2H3. The Balaban J connectivity index is 2.62. The van der Waals surface area contributed by atoms with E-state index in [2.05, 4.69) is 9.97 Å². The fraction of sp³-hybridized carbons (Fsp3) is 0.250. The summed E-state index contributed by atoms with van der Waals surface area (Å²) in [6.07, 6.45) is 1.05. The molecule has 0 unspecified atom stereocenters. The van der Waals surface area contributed by atoms with Crippen molar-refractivity contribution in [3.8, 4) is 0 Å². The monoisotopic (exact) mass is 236 g/mol. The third kappa shape index (κ3) is 2.27. The molecule has 0 saturated carbocycles. The van der Waals surface area contributed by atoms with Crippen molar-refractivity contribution in [1.29, 1.82) is 0 Å². The van der Waals surface area contributed by atoms with Crippen LogP contribution in [-0.2, 0) is 5.92 Å². The van der Waals surface area contributed by atoms with Crippen LogP contribution in [0.2, 0.25) is 0 Å². The number of hydrogen-bond acceptors (Lipinski definition) is 3. The van der Waals surface area contributed by atoms with E-state index in [0.717, 1.165) is 13.1 Å². The number of Topliss-reactive ketones (excluding diaryl/α,β-unsaturated/α-hetero) is 1.